The summed E-state index contributed by atoms with van der Waals surface area (Å²) in [6.07, 6.45) is 6.38. The molecule has 0 radical (unpaired) electrons. The minimum Gasteiger partial charge on any atom is -0.370 e. The van der Waals surface area contributed by atoms with Gasteiger partial charge in [0, 0.05) is 42.7 Å². The van der Waals surface area contributed by atoms with Crippen LogP contribution in [0, 0.1) is 0 Å². The van der Waals surface area contributed by atoms with Gasteiger partial charge >= 0.3 is 0 Å². The highest BCUT2D eigenvalue weighted by Crippen LogP contribution is 2.41. The number of aromatic nitrogens is 3. The largest absolute Gasteiger partial charge is 0.370 e. The van der Waals surface area contributed by atoms with E-state index in [-0.39, 0.29) is 12.0 Å². The fourth-order valence-electron chi connectivity index (χ4n) is 5.91. The van der Waals surface area contributed by atoms with Gasteiger partial charge < -0.3 is 14.2 Å². The van der Waals surface area contributed by atoms with Crippen LogP contribution in [0.15, 0.2) is 54.6 Å². The normalized spacial score (nSPS) is 21.3. The molecule has 1 aliphatic carbocycles. The number of piperidine rings is 1. The first-order valence-electron chi connectivity index (χ1n) is 13.0. The molecule has 1 amide bonds. The van der Waals surface area contributed by atoms with Gasteiger partial charge in [-0.15, -0.1) is 0 Å². The number of rotatable bonds is 4. The van der Waals surface area contributed by atoms with Gasteiger partial charge in [-0.25, -0.2) is 4.98 Å². The summed E-state index contributed by atoms with van der Waals surface area (Å²) in [7, 11) is 0. The predicted molar refractivity (Wildman–Crippen MR) is 136 cm³/mol. The fraction of sp³-hybridized carbons (Fsp3) is 0.414. The molecule has 4 aromatic rings. The van der Waals surface area contributed by atoms with Gasteiger partial charge in [-0.1, -0.05) is 30.3 Å². The molecule has 6 heteroatoms. The Morgan fingerprint density at radius 3 is 2.43 bits per heavy atom. The number of fused-ring (bicyclic) bond motifs is 2. The van der Waals surface area contributed by atoms with Crippen molar-refractivity contribution in [2.75, 3.05) is 19.7 Å². The van der Waals surface area contributed by atoms with Crippen molar-refractivity contribution in [3.63, 3.8) is 0 Å². The van der Waals surface area contributed by atoms with E-state index in [1.807, 2.05) is 29.2 Å². The number of nitrogens with zero attached hydrogens (tertiary/aromatic N) is 4. The van der Waals surface area contributed by atoms with Crippen molar-refractivity contribution in [1.82, 2.24) is 19.4 Å². The zero-order chi connectivity index (χ0) is 23.4. The molecule has 3 aliphatic rings. The molecule has 3 fully saturated rings. The number of carbonyl (C=O) groups excluding carboxylic acids is 1. The maximum atomic E-state index is 13.7. The molecule has 2 saturated heterocycles. The molecular formula is C29H30N4O2. The number of hydrogen-bond acceptors (Lipinski definition) is 4. The van der Waals surface area contributed by atoms with Crippen molar-refractivity contribution < 1.29 is 9.53 Å². The van der Waals surface area contributed by atoms with Crippen LogP contribution in [-0.2, 0) is 4.74 Å². The molecule has 0 N–H and O–H groups in total. The number of imidazole rings is 1. The fourth-order valence-corrected chi connectivity index (χ4v) is 5.91. The van der Waals surface area contributed by atoms with E-state index in [1.165, 1.54) is 18.4 Å². The summed E-state index contributed by atoms with van der Waals surface area (Å²) in [5, 5.41) is 0.963. The summed E-state index contributed by atoms with van der Waals surface area (Å²) >= 11 is 0. The Labute approximate surface area is 204 Å². The summed E-state index contributed by atoms with van der Waals surface area (Å²) < 4.78 is 8.46. The molecule has 1 atom stereocenters. The molecule has 2 aromatic carbocycles. The van der Waals surface area contributed by atoms with E-state index in [4.69, 9.17) is 14.7 Å². The van der Waals surface area contributed by atoms with Crippen molar-refractivity contribution in [2.45, 2.75) is 56.6 Å². The van der Waals surface area contributed by atoms with Crippen LogP contribution in [0.1, 0.15) is 78.5 Å². The Hall–Kier alpha value is -3.25. The Bertz CT molecular complexity index is 1410. The molecule has 1 unspecified atom stereocenters. The minimum atomic E-state index is 0.0751. The van der Waals surface area contributed by atoms with Crippen LogP contribution in [0.5, 0.6) is 0 Å². The second-order valence-electron chi connectivity index (χ2n) is 10.2. The van der Waals surface area contributed by atoms with E-state index in [0.29, 0.717) is 12.0 Å². The quantitative estimate of drug-likeness (QED) is 0.382. The SMILES string of the molecule is O=C(c1cc(C2CC2)nc2ccccc12)N1CCC(n2c(C3CCCO3)nc3ccccc32)CC1. The number of carbonyl (C=O) groups is 1. The molecule has 7 rings (SSSR count). The molecule has 2 aromatic heterocycles. The van der Waals surface area contributed by atoms with Crippen molar-refractivity contribution >= 4 is 27.8 Å². The molecule has 35 heavy (non-hydrogen) atoms. The van der Waals surface area contributed by atoms with Crippen molar-refractivity contribution in [3.8, 4) is 0 Å². The van der Waals surface area contributed by atoms with Crippen molar-refractivity contribution in [3.05, 3.63) is 71.7 Å². The van der Waals surface area contributed by atoms with E-state index in [0.717, 1.165) is 78.9 Å². The number of benzene rings is 2. The van der Waals surface area contributed by atoms with Gasteiger partial charge in [-0.05, 0) is 62.8 Å². The molecular weight excluding hydrogens is 436 g/mol. The van der Waals surface area contributed by atoms with E-state index in [1.54, 1.807) is 0 Å². The van der Waals surface area contributed by atoms with Gasteiger partial charge in [-0.3, -0.25) is 9.78 Å². The molecule has 6 nitrogen and oxygen atoms in total. The molecule has 2 aliphatic heterocycles. The van der Waals surface area contributed by atoms with Crippen LogP contribution < -0.4 is 0 Å². The summed E-state index contributed by atoms with van der Waals surface area (Å²) in [5.74, 6) is 1.71. The molecule has 178 valence electrons. The van der Waals surface area contributed by atoms with Gasteiger partial charge in [0.15, 0.2) is 0 Å². The predicted octanol–water partition coefficient (Wildman–Crippen LogP) is 5.79. The first kappa shape index (κ1) is 21.1. The number of ether oxygens (including phenoxy) is 1. The Morgan fingerprint density at radius 2 is 1.66 bits per heavy atom. The number of amides is 1. The molecule has 0 bridgehead atoms. The zero-order valence-corrected chi connectivity index (χ0v) is 19.9. The molecule has 1 saturated carbocycles. The number of likely N-dealkylation sites (tertiary alicyclic amines) is 1. The van der Waals surface area contributed by atoms with Crippen molar-refractivity contribution in [2.24, 2.45) is 0 Å². The Kier molecular flexibility index (Phi) is 5.09. The van der Waals surface area contributed by atoms with Gasteiger partial charge in [0.1, 0.15) is 11.9 Å². The van der Waals surface area contributed by atoms with E-state index < -0.39 is 0 Å². The van der Waals surface area contributed by atoms with E-state index >= 15 is 0 Å². The first-order chi connectivity index (χ1) is 17.3. The Balaban J connectivity index is 1.17. The molecule has 4 heterocycles. The number of pyridine rings is 1. The summed E-state index contributed by atoms with van der Waals surface area (Å²) in [4.78, 5) is 25.6. The van der Waals surface area contributed by atoms with E-state index in [2.05, 4.69) is 34.9 Å². The second kappa shape index (κ2) is 8.45. The van der Waals surface area contributed by atoms with Crippen LogP contribution >= 0.6 is 0 Å². The average Bonchev–Trinajstić information content (AvgIpc) is 3.47. The van der Waals surface area contributed by atoms with Crippen LogP contribution in [-0.4, -0.2) is 45.0 Å². The second-order valence-corrected chi connectivity index (χ2v) is 10.2. The highest BCUT2D eigenvalue weighted by Gasteiger charge is 2.32. The lowest BCUT2D eigenvalue weighted by atomic mass is 10.0. The lowest BCUT2D eigenvalue weighted by Crippen LogP contribution is -2.39. The van der Waals surface area contributed by atoms with Crippen LogP contribution in [0.2, 0.25) is 0 Å². The van der Waals surface area contributed by atoms with Crippen LogP contribution in [0.3, 0.4) is 0 Å². The van der Waals surface area contributed by atoms with Gasteiger partial charge in [0.25, 0.3) is 5.91 Å². The van der Waals surface area contributed by atoms with Gasteiger partial charge in [0.2, 0.25) is 0 Å². The van der Waals surface area contributed by atoms with Crippen LogP contribution in [0.25, 0.3) is 21.9 Å². The molecule has 0 spiro atoms. The summed E-state index contributed by atoms with van der Waals surface area (Å²) in [6.45, 7) is 2.30. The highest BCUT2D eigenvalue weighted by molar-refractivity contribution is 6.06. The van der Waals surface area contributed by atoms with E-state index in [9.17, 15) is 4.79 Å². The Morgan fingerprint density at radius 1 is 0.886 bits per heavy atom. The monoisotopic (exact) mass is 466 g/mol. The zero-order valence-electron chi connectivity index (χ0n) is 19.9. The topological polar surface area (TPSA) is 60.2 Å². The third-order valence-electron chi connectivity index (χ3n) is 7.92. The highest BCUT2D eigenvalue weighted by atomic mass is 16.5. The smallest absolute Gasteiger partial charge is 0.254 e. The maximum Gasteiger partial charge on any atom is 0.254 e. The summed E-state index contributed by atoms with van der Waals surface area (Å²) in [6, 6.07) is 18.9. The third-order valence-corrected chi connectivity index (χ3v) is 7.92. The maximum absolute atomic E-state index is 13.7. The van der Waals surface area contributed by atoms with Crippen molar-refractivity contribution in [1.29, 1.82) is 0 Å². The van der Waals surface area contributed by atoms with Crippen LogP contribution in [0.4, 0.5) is 0 Å². The summed E-state index contributed by atoms with van der Waals surface area (Å²) in [5.41, 5.74) is 5.03. The average molecular weight is 467 g/mol. The lowest BCUT2D eigenvalue weighted by Gasteiger charge is -2.34. The number of para-hydroxylation sites is 3. The first-order valence-corrected chi connectivity index (χ1v) is 13.0. The van der Waals surface area contributed by atoms with Gasteiger partial charge in [0.05, 0.1) is 22.1 Å². The number of hydrogen-bond donors (Lipinski definition) is 0. The lowest BCUT2D eigenvalue weighted by molar-refractivity contribution is 0.0684. The standard InChI is InChI=1S/C29H30N4O2/c34-29(22-18-25(19-11-12-19)30-23-7-2-1-6-21(22)23)32-15-13-20(14-16-32)33-26-9-4-3-8-24(26)31-28(33)27-10-5-17-35-27/h1-4,6-9,18-20,27H,5,10-17H2. The van der Waals surface area contributed by atoms with Gasteiger partial charge in [-0.2, -0.15) is 0 Å². The third kappa shape index (κ3) is 3.71. The minimum absolute atomic E-state index is 0.0751.